The van der Waals surface area contributed by atoms with Crippen LogP contribution in [0, 0.1) is 13.8 Å². The van der Waals surface area contributed by atoms with Crippen molar-refractivity contribution in [3.8, 4) is 0 Å². The number of hydrazine groups is 1. The van der Waals surface area contributed by atoms with E-state index in [1.54, 1.807) is 6.20 Å². The molecule has 3 N–H and O–H groups in total. The van der Waals surface area contributed by atoms with Gasteiger partial charge in [0.2, 0.25) is 0 Å². The van der Waals surface area contributed by atoms with Crippen molar-refractivity contribution in [2.75, 3.05) is 0 Å². The van der Waals surface area contributed by atoms with Gasteiger partial charge >= 0.3 is 0 Å². The molecule has 2 aromatic rings. The number of hydrogen-bond acceptors (Lipinski definition) is 4. The van der Waals surface area contributed by atoms with Gasteiger partial charge in [0.1, 0.15) is 0 Å². The molecule has 96 valence electrons. The standard InChI is InChI=1S/C13H19N5/c1-9-8-15-5-4-12(9)13(16-14)7-11-6-10(2)17-18(11)3/h4-6,8,13,16H,7,14H2,1-3H3. The van der Waals surface area contributed by atoms with Gasteiger partial charge in [-0.3, -0.25) is 20.9 Å². The maximum Gasteiger partial charge on any atom is 0.0596 e. The lowest BCUT2D eigenvalue weighted by Gasteiger charge is -2.18. The van der Waals surface area contributed by atoms with Crippen LogP contribution < -0.4 is 11.3 Å². The predicted octanol–water partition coefficient (Wildman–Crippen LogP) is 1.18. The highest BCUT2D eigenvalue weighted by Crippen LogP contribution is 2.20. The number of nitrogens with one attached hydrogen (secondary N) is 1. The third kappa shape index (κ3) is 2.57. The van der Waals surface area contributed by atoms with Gasteiger partial charge in [0.25, 0.3) is 0 Å². The number of hydrogen-bond donors (Lipinski definition) is 2. The third-order valence-electron chi connectivity index (χ3n) is 3.15. The average molecular weight is 245 g/mol. The van der Waals surface area contributed by atoms with E-state index in [0.717, 1.165) is 23.4 Å². The lowest BCUT2D eigenvalue weighted by Crippen LogP contribution is -2.30. The van der Waals surface area contributed by atoms with E-state index >= 15 is 0 Å². The van der Waals surface area contributed by atoms with Gasteiger partial charge in [-0.2, -0.15) is 5.10 Å². The summed E-state index contributed by atoms with van der Waals surface area (Å²) < 4.78 is 1.90. The van der Waals surface area contributed by atoms with Crippen LogP contribution in [-0.2, 0) is 13.5 Å². The van der Waals surface area contributed by atoms with Crippen molar-refractivity contribution in [3.05, 3.63) is 47.0 Å². The van der Waals surface area contributed by atoms with Crippen molar-refractivity contribution in [1.82, 2.24) is 20.2 Å². The summed E-state index contributed by atoms with van der Waals surface area (Å²) in [5, 5.41) is 4.35. The van der Waals surface area contributed by atoms with Gasteiger partial charge in [0, 0.05) is 31.6 Å². The summed E-state index contributed by atoms with van der Waals surface area (Å²) >= 11 is 0. The summed E-state index contributed by atoms with van der Waals surface area (Å²) in [7, 11) is 1.95. The zero-order valence-corrected chi connectivity index (χ0v) is 11.0. The fourth-order valence-corrected chi connectivity index (χ4v) is 2.20. The van der Waals surface area contributed by atoms with E-state index in [0.29, 0.717) is 0 Å². The van der Waals surface area contributed by atoms with Crippen LogP contribution in [0.5, 0.6) is 0 Å². The highest BCUT2D eigenvalue weighted by Gasteiger charge is 2.15. The summed E-state index contributed by atoms with van der Waals surface area (Å²) in [5.74, 6) is 5.68. The molecule has 0 aliphatic carbocycles. The molecule has 0 aromatic carbocycles. The zero-order valence-electron chi connectivity index (χ0n) is 11.0. The number of aromatic nitrogens is 3. The van der Waals surface area contributed by atoms with Crippen LogP contribution >= 0.6 is 0 Å². The van der Waals surface area contributed by atoms with E-state index in [1.807, 2.05) is 37.8 Å². The summed E-state index contributed by atoms with van der Waals surface area (Å²) in [6, 6.07) is 4.16. The molecule has 5 nitrogen and oxygen atoms in total. The van der Waals surface area contributed by atoms with Crippen molar-refractivity contribution in [2.45, 2.75) is 26.3 Å². The molecule has 0 saturated heterocycles. The zero-order chi connectivity index (χ0) is 13.1. The van der Waals surface area contributed by atoms with Crippen LogP contribution in [0.3, 0.4) is 0 Å². The first-order valence-corrected chi connectivity index (χ1v) is 5.98. The highest BCUT2D eigenvalue weighted by atomic mass is 15.3. The van der Waals surface area contributed by atoms with Gasteiger partial charge in [-0.15, -0.1) is 0 Å². The first kappa shape index (κ1) is 12.7. The van der Waals surface area contributed by atoms with E-state index in [4.69, 9.17) is 5.84 Å². The van der Waals surface area contributed by atoms with E-state index in [2.05, 4.69) is 21.6 Å². The minimum absolute atomic E-state index is 0.0720. The van der Waals surface area contributed by atoms with Gasteiger partial charge in [0.05, 0.1) is 11.7 Å². The summed E-state index contributed by atoms with van der Waals surface area (Å²) in [6.45, 7) is 4.03. The second-order valence-electron chi connectivity index (χ2n) is 4.56. The van der Waals surface area contributed by atoms with Gasteiger partial charge in [-0.05, 0) is 37.1 Å². The summed E-state index contributed by atoms with van der Waals surface area (Å²) in [6.07, 6.45) is 4.45. The van der Waals surface area contributed by atoms with Gasteiger partial charge in [-0.25, -0.2) is 0 Å². The van der Waals surface area contributed by atoms with Crippen molar-refractivity contribution in [1.29, 1.82) is 0 Å². The van der Waals surface area contributed by atoms with Crippen LogP contribution in [0.2, 0.25) is 0 Å². The fraction of sp³-hybridized carbons (Fsp3) is 0.385. The number of aryl methyl sites for hydroxylation is 3. The van der Waals surface area contributed by atoms with Crippen molar-refractivity contribution in [3.63, 3.8) is 0 Å². The van der Waals surface area contributed by atoms with Crippen LogP contribution in [0.4, 0.5) is 0 Å². The maximum atomic E-state index is 5.68. The number of nitrogens with zero attached hydrogens (tertiary/aromatic N) is 3. The topological polar surface area (TPSA) is 68.8 Å². The summed E-state index contributed by atoms with van der Waals surface area (Å²) in [4.78, 5) is 4.10. The molecule has 18 heavy (non-hydrogen) atoms. The van der Waals surface area contributed by atoms with Gasteiger partial charge in [0.15, 0.2) is 0 Å². The molecule has 1 atom stereocenters. The summed E-state index contributed by atoms with van der Waals surface area (Å²) in [5.41, 5.74) is 7.37. The number of rotatable bonds is 4. The molecule has 1 unspecified atom stereocenters. The Labute approximate surface area is 107 Å². The Morgan fingerprint density at radius 2 is 2.22 bits per heavy atom. The fourth-order valence-electron chi connectivity index (χ4n) is 2.20. The molecule has 0 bridgehead atoms. The van der Waals surface area contributed by atoms with Crippen molar-refractivity contribution in [2.24, 2.45) is 12.9 Å². The van der Waals surface area contributed by atoms with Crippen LogP contribution in [0.1, 0.15) is 28.6 Å². The molecular formula is C13H19N5. The molecular weight excluding hydrogens is 226 g/mol. The number of nitrogens with two attached hydrogens (primary N) is 1. The lowest BCUT2D eigenvalue weighted by atomic mass is 10.00. The van der Waals surface area contributed by atoms with Gasteiger partial charge in [-0.1, -0.05) is 0 Å². The Bertz CT molecular complexity index is 532. The molecule has 0 amide bonds. The van der Waals surface area contributed by atoms with Crippen LogP contribution in [0.25, 0.3) is 0 Å². The Morgan fingerprint density at radius 3 is 2.78 bits per heavy atom. The second kappa shape index (κ2) is 5.29. The largest absolute Gasteiger partial charge is 0.272 e. The normalized spacial score (nSPS) is 12.7. The molecule has 2 heterocycles. The molecule has 2 aromatic heterocycles. The smallest absolute Gasteiger partial charge is 0.0596 e. The van der Waals surface area contributed by atoms with E-state index in [-0.39, 0.29) is 6.04 Å². The average Bonchev–Trinajstić information content (AvgIpc) is 2.66. The monoisotopic (exact) mass is 245 g/mol. The highest BCUT2D eigenvalue weighted by molar-refractivity contribution is 5.27. The third-order valence-corrected chi connectivity index (χ3v) is 3.15. The van der Waals surface area contributed by atoms with E-state index < -0.39 is 0 Å². The van der Waals surface area contributed by atoms with Crippen LogP contribution in [0.15, 0.2) is 24.5 Å². The minimum atomic E-state index is 0.0720. The first-order chi connectivity index (χ1) is 8.61. The first-order valence-electron chi connectivity index (χ1n) is 5.98. The molecule has 0 saturated carbocycles. The van der Waals surface area contributed by atoms with E-state index in [9.17, 15) is 0 Å². The Balaban J connectivity index is 2.25. The quantitative estimate of drug-likeness (QED) is 0.627. The minimum Gasteiger partial charge on any atom is -0.272 e. The molecule has 5 heteroatoms. The molecule has 0 aliphatic rings. The molecule has 2 rings (SSSR count). The Morgan fingerprint density at radius 1 is 1.44 bits per heavy atom. The Kier molecular flexibility index (Phi) is 3.74. The predicted molar refractivity (Wildman–Crippen MR) is 70.7 cm³/mol. The molecule has 0 radical (unpaired) electrons. The second-order valence-corrected chi connectivity index (χ2v) is 4.56. The van der Waals surface area contributed by atoms with E-state index in [1.165, 1.54) is 5.56 Å². The Hall–Kier alpha value is -1.72. The van der Waals surface area contributed by atoms with Gasteiger partial charge < -0.3 is 0 Å². The molecule has 0 fully saturated rings. The SMILES string of the molecule is Cc1cc(CC(NN)c2ccncc2C)n(C)n1. The lowest BCUT2D eigenvalue weighted by molar-refractivity contribution is 0.527. The maximum absolute atomic E-state index is 5.68. The van der Waals surface area contributed by atoms with Crippen LogP contribution in [-0.4, -0.2) is 14.8 Å². The van der Waals surface area contributed by atoms with Crippen molar-refractivity contribution < 1.29 is 0 Å². The molecule has 0 aliphatic heterocycles. The molecule has 0 spiro atoms. The number of pyridine rings is 1. The van der Waals surface area contributed by atoms with Crippen molar-refractivity contribution >= 4 is 0 Å².